The highest BCUT2D eigenvalue weighted by atomic mass is 16.6. The van der Waals surface area contributed by atoms with Crippen LogP contribution in [0.3, 0.4) is 0 Å². The third-order valence-corrected chi connectivity index (χ3v) is 2.08. The summed E-state index contributed by atoms with van der Waals surface area (Å²) in [5, 5.41) is 10.9. The summed E-state index contributed by atoms with van der Waals surface area (Å²) in [6.45, 7) is 1.48. The summed E-state index contributed by atoms with van der Waals surface area (Å²) in [6, 6.07) is 3.52. The maximum absolute atomic E-state index is 11.7. The first-order chi connectivity index (χ1) is 7.49. The number of Topliss-reactive ketones (excluding diaryl/α,β-unsaturated/α-hetero) is 1. The van der Waals surface area contributed by atoms with Crippen molar-refractivity contribution in [1.82, 2.24) is 0 Å². The fourth-order valence-corrected chi connectivity index (χ4v) is 1.32. The van der Waals surface area contributed by atoms with E-state index in [2.05, 4.69) is 0 Å². The molecule has 0 aromatic heterocycles. The zero-order chi connectivity index (χ0) is 12.3. The van der Waals surface area contributed by atoms with Crippen LogP contribution in [0.2, 0.25) is 0 Å². The van der Waals surface area contributed by atoms with Crippen LogP contribution >= 0.6 is 0 Å². The van der Waals surface area contributed by atoms with E-state index in [9.17, 15) is 14.9 Å². The van der Waals surface area contributed by atoms with Gasteiger partial charge in [-0.2, -0.15) is 0 Å². The molecule has 0 aliphatic heterocycles. The lowest BCUT2D eigenvalue weighted by atomic mass is 10.0. The van der Waals surface area contributed by atoms with Gasteiger partial charge in [0, 0.05) is 0 Å². The van der Waals surface area contributed by atoms with Crippen molar-refractivity contribution in [1.29, 1.82) is 0 Å². The normalized spacial score (nSPS) is 11.9. The smallest absolute Gasteiger partial charge is 0.321 e. The van der Waals surface area contributed by atoms with Crippen LogP contribution in [0.1, 0.15) is 17.3 Å². The van der Waals surface area contributed by atoms with Crippen LogP contribution in [0.15, 0.2) is 18.2 Å². The number of nitro benzene ring substituents is 1. The average Bonchev–Trinajstić information content (AvgIpc) is 2.26. The van der Waals surface area contributed by atoms with Crippen LogP contribution in [0.25, 0.3) is 0 Å². The fourth-order valence-electron chi connectivity index (χ4n) is 1.32. The number of nitro groups is 1. The molecule has 86 valence electrons. The molecule has 16 heavy (non-hydrogen) atoms. The maximum Gasteiger partial charge on any atom is 0.321 e. The van der Waals surface area contributed by atoms with Gasteiger partial charge in [-0.15, -0.1) is 0 Å². The standard InChI is InChI=1S/C10H12N2O4/c1-6(11)10(13)7-4-3-5-8(16-2)9(7)12(14)15/h3-6H,11H2,1-2H3. The van der Waals surface area contributed by atoms with Crippen molar-refractivity contribution in [3.05, 3.63) is 33.9 Å². The Morgan fingerprint density at radius 2 is 2.19 bits per heavy atom. The minimum absolute atomic E-state index is 0.0284. The molecule has 0 aliphatic rings. The summed E-state index contributed by atoms with van der Waals surface area (Å²) in [7, 11) is 1.31. The molecule has 6 heteroatoms. The number of hydrogen-bond acceptors (Lipinski definition) is 5. The van der Waals surface area contributed by atoms with Crippen molar-refractivity contribution in [2.24, 2.45) is 5.73 Å². The van der Waals surface area contributed by atoms with Gasteiger partial charge in [-0.3, -0.25) is 14.9 Å². The molecular weight excluding hydrogens is 212 g/mol. The largest absolute Gasteiger partial charge is 0.490 e. The van der Waals surface area contributed by atoms with Gasteiger partial charge in [0.2, 0.25) is 0 Å². The molecular formula is C10H12N2O4. The Labute approximate surface area is 92.2 Å². The van der Waals surface area contributed by atoms with Gasteiger partial charge in [0.15, 0.2) is 11.5 Å². The van der Waals surface area contributed by atoms with Gasteiger partial charge < -0.3 is 10.5 Å². The second-order valence-electron chi connectivity index (χ2n) is 3.27. The molecule has 0 bridgehead atoms. The van der Waals surface area contributed by atoms with E-state index in [-0.39, 0.29) is 17.0 Å². The number of nitrogens with zero attached hydrogens (tertiary/aromatic N) is 1. The molecule has 6 nitrogen and oxygen atoms in total. The van der Waals surface area contributed by atoms with Gasteiger partial charge in [0.05, 0.1) is 18.1 Å². The lowest BCUT2D eigenvalue weighted by Crippen LogP contribution is -2.27. The molecule has 1 aromatic rings. The molecule has 1 atom stereocenters. The highest BCUT2D eigenvalue weighted by Crippen LogP contribution is 2.30. The molecule has 0 saturated heterocycles. The number of hydrogen-bond donors (Lipinski definition) is 1. The molecule has 0 aliphatic carbocycles. The third kappa shape index (κ3) is 2.17. The van der Waals surface area contributed by atoms with Gasteiger partial charge >= 0.3 is 5.69 Å². The van der Waals surface area contributed by atoms with Gasteiger partial charge in [-0.1, -0.05) is 6.07 Å². The van der Waals surface area contributed by atoms with Crippen LogP contribution in [-0.2, 0) is 0 Å². The van der Waals surface area contributed by atoms with Crippen molar-refractivity contribution in [3.8, 4) is 5.75 Å². The maximum atomic E-state index is 11.7. The monoisotopic (exact) mass is 224 g/mol. The van der Waals surface area contributed by atoms with E-state index in [0.29, 0.717) is 0 Å². The Morgan fingerprint density at radius 3 is 2.62 bits per heavy atom. The second-order valence-corrected chi connectivity index (χ2v) is 3.27. The predicted octanol–water partition coefficient (Wildman–Crippen LogP) is 1.13. The second kappa shape index (κ2) is 4.71. The predicted molar refractivity (Wildman–Crippen MR) is 57.6 cm³/mol. The van der Waals surface area contributed by atoms with E-state index in [1.807, 2.05) is 0 Å². The number of carbonyl (C=O) groups is 1. The highest BCUT2D eigenvalue weighted by molar-refractivity contribution is 6.03. The molecule has 1 unspecified atom stereocenters. The number of methoxy groups -OCH3 is 1. The topological polar surface area (TPSA) is 95.5 Å². The van der Waals surface area contributed by atoms with Crippen LogP contribution in [0, 0.1) is 10.1 Å². The summed E-state index contributed by atoms with van der Waals surface area (Å²) < 4.78 is 4.84. The number of carbonyl (C=O) groups excluding carboxylic acids is 1. The van der Waals surface area contributed by atoms with Crippen molar-refractivity contribution in [2.45, 2.75) is 13.0 Å². The lowest BCUT2D eigenvalue weighted by molar-refractivity contribution is -0.386. The quantitative estimate of drug-likeness (QED) is 0.470. The van der Waals surface area contributed by atoms with Crippen LogP contribution in [-0.4, -0.2) is 23.9 Å². The Hall–Kier alpha value is -1.95. The van der Waals surface area contributed by atoms with Gasteiger partial charge in [0.1, 0.15) is 5.56 Å². The van der Waals surface area contributed by atoms with Crippen molar-refractivity contribution < 1.29 is 14.5 Å². The summed E-state index contributed by atoms with van der Waals surface area (Å²) in [5.74, 6) is -0.429. The molecule has 1 rings (SSSR count). The van der Waals surface area contributed by atoms with Gasteiger partial charge in [-0.25, -0.2) is 0 Å². The number of para-hydroxylation sites is 1. The van der Waals surface area contributed by atoms with Crippen molar-refractivity contribution >= 4 is 11.5 Å². The number of benzene rings is 1. The van der Waals surface area contributed by atoms with E-state index in [4.69, 9.17) is 10.5 Å². The molecule has 0 spiro atoms. The first-order valence-electron chi connectivity index (χ1n) is 4.60. The van der Waals surface area contributed by atoms with Crippen molar-refractivity contribution in [2.75, 3.05) is 7.11 Å². The Bertz CT molecular complexity index is 429. The minimum Gasteiger partial charge on any atom is -0.490 e. The molecule has 0 amide bonds. The Balaban J connectivity index is 3.39. The van der Waals surface area contributed by atoms with E-state index in [0.717, 1.165) is 0 Å². The van der Waals surface area contributed by atoms with E-state index in [1.54, 1.807) is 0 Å². The molecule has 2 N–H and O–H groups in total. The number of nitrogens with two attached hydrogens (primary N) is 1. The minimum atomic E-state index is -0.786. The van der Waals surface area contributed by atoms with Gasteiger partial charge in [0.25, 0.3) is 0 Å². The van der Waals surface area contributed by atoms with Crippen LogP contribution in [0.4, 0.5) is 5.69 Å². The zero-order valence-electron chi connectivity index (χ0n) is 8.97. The molecule has 0 heterocycles. The molecule has 0 radical (unpaired) electrons. The summed E-state index contributed by atoms with van der Waals surface area (Å²) in [5.41, 5.74) is 5.05. The van der Waals surface area contributed by atoms with Crippen molar-refractivity contribution in [3.63, 3.8) is 0 Å². The SMILES string of the molecule is COc1cccc(C(=O)C(C)N)c1[N+](=O)[O-]. The summed E-state index contributed by atoms with van der Waals surface area (Å²) in [6.07, 6.45) is 0. The van der Waals surface area contributed by atoms with Crippen LogP contribution in [0.5, 0.6) is 5.75 Å². The zero-order valence-corrected chi connectivity index (χ0v) is 8.97. The van der Waals surface area contributed by atoms with E-state index in [1.165, 1.54) is 32.2 Å². The van der Waals surface area contributed by atoms with Gasteiger partial charge in [-0.05, 0) is 19.1 Å². The van der Waals surface area contributed by atoms with E-state index >= 15 is 0 Å². The highest BCUT2D eigenvalue weighted by Gasteiger charge is 2.26. The number of ketones is 1. The number of ether oxygens (including phenoxy) is 1. The third-order valence-electron chi connectivity index (χ3n) is 2.08. The Morgan fingerprint density at radius 1 is 1.56 bits per heavy atom. The van der Waals surface area contributed by atoms with Crippen LogP contribution < -0.4 is 10.5 Å². The lowest BCUT2D eigenvalue weighted by Gasteiger charge is -2.07. The molecule has 0 saturated carbocycles. The average molecular weight is 224 g/mol. The number of rotatable bonds is 4. The molecule has 1 aromatic carbocycles. The fraction of sp³-hybridized carbons (Fsp3) is 0.300. The first-order valence-corrected chi connectivity index (χ1v) is 4.60. The summed E-state index contributed by atoms with van der Waals surface area (Å²) in [4.78, 5) is 21.9. The summed E-state index contributed by atoms with van der Waals surface area (Å²) >= 11 is 0. The first kappa shape index (κ1) is 12.1. The Kier molecular flexibility index (Phi) is 3.57. The molecule has 0 fully saturated rings. The van der Waals surface area contributed by atoms with E-state index < -0.39 is 16.7 Å².